The van der Waals surface area contributed by atoms with Crippen LogP contribution in [0, 0.1) is 5.21 Å². The molecule has 0 bridgehead atoms. The molecule has 48 valence electrons. The molecule has 1 fully saturated rings. The van der Waals surface area contributed by atoms with Crippen molar-refractivity contribution in [2.24, 2.45) is 0 Å². The van der Waals surface area contributed by atoms with Gasteiger partial charge in [0, 0.05) is 18.3 Å². The molecule has 1 rings (SSSR count). The molecule has 0 unspecified atom stereocenters. The average Bonchev–Trinajstić information content (AvgIpc) is 2.14. The number of hydrazine groups is 2. The maximum Gasteiger partial charge on any atom is 0.0445 e. The van der Waals surface area contributed by atoms with Crippen molar-refractivity contribution in [1.82, 2.24) is 16.1 Å². The van der Waals surface area contributed by atoms with Gasteiger partial charge in [0.2, 0.25) is 0 Å². The van der Waals surface area contributed by atoms with E-state index in [0.717, 1.165) is 0 Å². The minimum atomic E-state index is 0.191. The Morgan fingerprint density at radius 2 is 2.62 bits per heavy atom. The average molecular weight is 134 g/mol. The molecule has 0 spiro atoms. The van der Waals surface area contributed by atoms with E-state index in [1.165, 1.54) is 0 Å². The van der Waals surface area contributed by atoms with Gasteiger partial charge in [0.1, 0.15) is 0 Å². The standard InChI is InChI=1S/C3H8N3OS/c7-6-4-1-3(2-8)5-6/h3-5,8H,1-2H2/q-1/t3-/m0/s1. The second-order valence-corrected chi connectivity index (χ2v) is 2.03. The molecule has 2 N–H and O–H groups in total. The van der Waals surface area contributed by atoms with E-state index in [1.807, 2.05) is 0 Å². The van der Waals surface area contributed by atoms with Crippen LogP contribution in [-0.4, -0.2) is 23.6 Å². The van der Waals surface area contributed by atoms with Crippen molar-refractivity contribution in [3.05, 3.63) is 5.21 Å². The summed E-state index contributed by atoms with van der Waals surface area (Å²) in [6.07, 6.45) is 0. The maximum atomic E-state index is 10.3. The van der Waals surface area contributed by atoms with E-state index < -0.39 is 0 Å². The van der Waals surface area contributed by atoms with Crippen LogP contribution in [-0.2, 0) is 0 Å². The molecule has 0 radical (unpaired) electrons. The van der Waals surface area contributed by atoms with Crippen molar-refractivity contribution in [2.45, 2.75) is 6.04 Å². The van der Waals surface area contributed by atoms with Gasteiger partial charge in [-0.1, -0.05) is 0 Å². The SMILES string of the molecule is [O-]N1NC[C@@H](CS)N1. The first kappa shape index (κ1) is 6.31. The molecule has 0 amide bonds. The van der Waals surface area contributed by atoms with E-state index in [4.69, 9.17) is 0 Å². The number of thiol groups is 1. The van der Waals surface area contributed by atoms with Crippen LogP contribution in [0.15, 0.2) is 0 Å². The lowest BCUT2D eigenvalue weighted by Gasteiger charge is -2.20. The summed E-state index contributed by atoms with van der Waals surface area (Å²) >= 11 is 3.99. The Labute approximate surface area is 53.2 Å². The van der Waals surface area contributed by atoms with Crippen LogP contribution >= 0.6 is 12.6 Å². The zero-order valence-electron chi connectivity index (χ0n) is 4.29. The van der Waals surface area contributed by atoms with Crippen LogP contribution in [0.2, 0.25) is 0 Å². The molecule has 0 aromatic heterocycles. The Hall–Kier alpha value is 0.190. The van der Waals surface area contributed by atoms with Gasteiger partial charge < -0.3 is 5.21 Å². The van der Waals surface area contributed by atoms with Gasteiger partial charge in [0.25, 0.3) is 0 Å². The Balaban J connectivity index is 2.22. The van der Waals surface area contributed by atoms with Crippen molar-refractivity contribution in [1.29, 1.82) is 0 Å². The summed E-state index contributed by atoms with van der Waals surface area (Å²) in [6, 6.07) is 0.191. The second-order valence-electron chi connectivity index (χ2n) is 1.67. The molecule has 1 saturated heterocycles. The molecule has 1 aliphatic rings. The van der Waals surface area contributed by atoms with Crippen molar-refractivity contribution in [3.63, 3.8) is 0 Å². The molecular weight excluding hydrogens is 126 g/mol. The summed E-state index contributed by atoms with van der Waals surface area (Å²) in [4.78, 5) is 0. The predicted octanol–water partition coefficient (Wildman–Crippen LogP) is -0.893. The number of rotatable bonds is 1. The van der Waals surface area contributed by atoms with Gasteiger partial charge in [-0.05, 0) is 0 Å². The van der Waals surface area contributed by atoms with Crippen LogP contribution in [0.4, 0.5) is 0 Å². The van der Waals surface area contributed by atoms with Gasteiger partial charge in [0.05, 0.1) is 0 Å². The first-order valence-electron chi connectivity index (χ1n) is 2.40. The van der Waals surface area contributed by atoms with Crippen molar-refractivity contribution in [2.75, 3.05) is 12.3 Å². The summed E-state index contributed by atoms with van der Waals surface area (Å²) in [5.41, 5.74) is 5.13. The summed E-state index contributed by atoms with van der Waals surface area (Å²) in [7, 11) is 0. The van der Waals surface area contributed by atoms with Gasteiger partial charge in [-0.3, -0.25) is 10.7 Å². The molecule has 1 aliphatic heterocycles. The zero-order chi connectivity index (χ0) is 5.98. The quantitative estimate of drug-likeness (QED) is 0.407. The molecule has 4 nitrogen and oxygen atoms in total. The van der Waals surface area contributed by atoms with Crippen LogP contribution in [0.25, 0.3) is 0 Å². The van der Waals surface area contributed by atoms with E-state index in [9.17, 15) is 5.21 Å². The fourth-order valence-electron chi connectivity index (χ4n) is 0.556. The van der Waals surface area contributed by atoms with Gasteiger partial charge >= 0.3 is 0 Å². The van der Waals surface area contributed by atoms with Crippen molar-refractivity contribution < 1.29 is 0 Å². The van der Waals surface area contributed by atoms with Crippen LogP contribution in [0.5, 0.6) is 0 Å². The Morgan fingerprint density at radius 3 is 2.88 bits per heavy atom. The first-order chi connectivity index (χ1) is 3.83. The number of nitrogens with one attached hydrogen (secondary N) is 2. The largest absolute Gasteiger partial charge is 0.758 e. The molecular formula is C3H8N3OS-. The minimum absolute atomic E-state index is 0.191. The predicted molar refractivity (Wildman–Crippen MR) is 34.0 cm³/mol. The molecule has 1 atom stereocenters. The van der Waals surface area contributed by atoms with Gasteiger partial charge in [-0.15, -0.1) is 0 Å². The highest BCUT2D eigenvalue weighted by atomic mass is 32.1. The third-order valence-electron chi connectivity index (χ3n) is 1.00. The second kappa shape index (κ2) is 2.65. The highest BCUT2D eigenvalue weighted by Crippen LogP contribution is 1.92. The first-order valence-corrected chi connectivity index (χ1v) is 3.04. The fraction of sp³-hybridized carbons (Fsp3) is 1.00. The molecule has 0 aliphatic carbocycles. The molecule has 0 aromatic rings. The Bertz CT molecular complexity index is 80.9. The summed E-state index contributed by atoms with van der Waals surface area (Å²) < 4.78 is 0. The summed E-state index contributed by atoms with van der Waals surface area (Å²) in [6.45, 7) is 0.674. The van der Waals surface area contributed by atoms with Gasteiger partial charge in [-0.2, -0.15) is 12.6 Å². The number of nitrogens with zero attached hydrogens (tertiary/aromatic N) is 1. The van der Waals surface area contributed by atoms with Crippen molar-refractivity contribution >= 4 is 12.6 Å². The van der Waals surface area contributed by atoms with Crippen LogP contribution in [0.1, 0.15) is 0 Å². The fourth-order valence-corrected chi connectivity index (χ4v) is 0.766. The van der Waals surface area contributed by atoms with Crippen LogP contribution in [0.3, 0.4) is 0 Å². The van der Waals surface area contributed by atoms with Gasteiger partial charge in [0.15, 0.2) is 0 Å². The highest BCUT2D eigenvalue weighted by molar-refractivity contribution is 7.80. The van der Waals surface area contributed by atoms with Crippen molar-refractivity contribution in [3.8, 4) is 0 Å². The lowest BCUT2D eigenvalue weighted by Crippen LogP contribution is -2.34. The van der Waals surface area contributed by atoms with Crippen LogP contribution < -0.4 is 10.9 Å². The summed E-state index contributed by atoms with van der Waals surface area (Å²) in [5.74, 6) is 0.686. The van der Waals surface area contributed by atoms with E-state index in [1.54, 1.807) is 0 Å². The van der Waals surface area contributed by atoms with E-state index in [-0.39, 0.29) is 6.04 Å². The minimum Gasteiger partial charge on any atom is -0.758 e. The number of hydrogen-bond donors (Lipinski definition) is 3. The molecule has 0 saturated carbocycles. The monoisotopic (exact) mass is 134 g/mol. The topological polar surface area (TPSA) is 50.4 Å². The molecule has 0 aromatic carbocycles. The van der Waals surface area contributed by atoms with E-state index >= 15 is 0 Å². The Morgan fingerprint density at radius 1 is 1.88 bits per heavy atom. The smallest absolute Gasteiger partial charge is 0.0445 e. The maximum absolute atomic E-state index is 10.3. The Kier molecular flexibility index (Phi) is 2.09. The molecule has 1 heterocycles. The third kappa shape index (κ3) is 1.33. The lowest BCUT2D eigenvalue weighted by molar-refractivity contribution is 0.265. The third-order valence-corrected chi connectivity index (χ3v) is 1.44. The van der Waals surface area contributed by atoms with E-state index in [0.29, 0.717) is 17.6 Å². The zero-order valence-corrected chi connectivity index (χ0v) is 5.19. The normalized spacial score (nSPS) is 31.5. The summed E-state index contributed by atoms with van der Waals surface area (Å²) in [5, 5.41) is 10.9. The molecule has 8 heavy (non-hydrogen) atoms. The lowest BCUT2D eigenvalue weighted by atomic mass is 10.4. The molecule has 5 heteroatoms. The highest BCUT2D eigenvalue weighted by Gasteiger charge is 2.11. The van der Waals surface area contributed by atoms with E-state index in [2.05, 4.69) is 23.5 Å². The van der Waals surface area contributed by atoms with Gasteiger partial charge in [-0.25, -0.2) is 5.43 Å². The number of hydrogen-bond acceptors (Lipinski definition) is 5.